The van der Waals surface area contributed by atoms with Crippen LogP contribution in [0.1, 0.15) is 39.5 Å². The lowest BCUT2D eigenvalue weighted by atomic mass is 9.91. The molecule has 2 aliphatic rings. The quantitative estimate of drug-likeness (QED) is 0.764. The molecule has 3 unspecified atom stereocenters. The van der Waals surface area contributed by atoms with E-state index in [2.05, 4.69) is 19.2 Å². The fraction of sp³-hybridized carbons (Fsp3) is 1.00. The topological polar surface area (TPSA) is 47.3 Å². The van der Waals surface area contributed by atoms with E-state index in [-0.39, 0.29) is 0 Å². The van der Waals surface area contributed by atoms with Crippen molar-refractivity contribution in [3.63, 3.8) is 0 Å². The average Bonchev–Trinajstić information content (AvgIpc) is 2.84. The number of hydrogen-bond acceptors (Lipinski definition) is 3. The van der Waals surface area contributed by atoms with Crippen molar-refractivity contribution in [3.05, 3.63) is 0 Å². The van der Waals surface area contributed by atoms with E-state index in [1.54, 1.807) is 0 Å². The van der Waals surface area contributed by atoms with Crippen molar-refractivity contribution < 1.29 is 4.74 Å². The van der Waals surface area contributed by atoms with Crippen LogP contribution in [0.2, 0.25) is 0 Å². The summed E-state index contributed by atoms with van der Waals surface area (Å²) >= 11 is 0. The van der Waals surface area contributed by atoms with Crippen LogP contribution in [0.3, 0.4) is 0 Å². The molecule has 0 amide bonds. The molecule has 94 valence electrons. The Morgan fingerprint density at radius 3 is 2.75 bits per heavy atom. The summed E-state index contributed by atoms with van der Waals surface area (Å²) in [4.78, 5) is 0. The molecule has 0 radical (unpaired) electrons. The molecule has 1 aliphatic heterocycles. The van der Waals surface area contributed by atoms with Gasteiger partial charge >= 0.3 is 0 Å². The first kappa shape index (κ1) is 12.3. The molecule has 0 aromatic rings. The van der Waals surface area contributed by atoms with Crippen molar-refractivity contribution in [2.45, 2.75) is 51.6 Å². The molecule has 3 atom stereocenters. The Balaban J connectivity index is 1.82. The minimum atomic E-state index is 0.460. The van der Waals surface area contributed by atoms with Crippen LogP contribution < -0.4 is 11.1 Å². The number of rotatable bonds is 4. The van der Waals surface area contributed by atoms with E-state index in [9.17, 15) is 0 Å². The van der Waals surface area contributed by atoms with Crippen LogP contribution in [-0.2, 0) is 4.74 Å². The van der Waals surface area contributed by atoms with Gasteiger partial charge in [0.15, 0.2) is 0 Å². The predicted octanol–water partition coefficient (Wildman–Crippen LogP) is 1.52. The van der Waals surface area contributed by atoms with Crippen molar-refractivity contribution in [3.8, 4) is 0 Å². The third-order valence-corrected chi connectivity index (χ3v) is 4.21. The van der Waals surface area contributed by atoms with Crippen LogP contribution in [0.25, 0.3) is 0 Å². The molecule has 0 aromatic heterocycles. The molecule has 1 aliphatic carbocycles. The van der Waals surface area contributed by atoms with Crippen LogP contribution in [0, 0.1) is 11.3 Å². The summed E-state index contributed by atoms with van der Waals surface area (Å²) in [7, 11) is 0. The minimum Gasteiger partial charge on any atom is -0.381 e. The van der Waals surface area contributed by atoms with Gasteiger partial charge in [-0.15, -0.1) is 0 Å². The number of nitrogens with one attached hydrogen (secondary N) is 1. The first-order valence-corrected chi connectivity index (χ1v) is 6.64. The summed E-state index contributed by atoms with van der Waals surface area (Å²) in [6, 6.07) is 1.13. The Hall–Kier alpha value is -0.120. The number of hydrogen-bond donors (Lipinski definition) is 2. The lowest BCUT2D eigenvalue weighted by molar-refractivity contribution is 0.174. The smallest absolute Gasteiger partial charge is 0.0510 e. The van der Waals surface area contributed by atoms with Gasteiger partial charge in [0.25, 0.3) is 0 Å². The van der Waals surface area contributed by atoms with Gasteiger partial charge in [0.05, 0.1) is 6.61 Å². The number of nitrogens with two attached hydrogens (primary N) is 1. The van der Waals surface area contributed by atoms with Crippen LogP contribution in [0.15, 0.2) is 0 Å². The van der Waals surface area contributed by atoms with Gasteiger partial charge in [-0.3, -0.25) is 0 Å². The summed E-state index contributed by atoms with van der Waals surface area (Å²) < 4.78 is 5.45. The summed E-state index contributed by atoms with van der Waals surface area (Å²) in [5.74, 6) is 0.633. The van der Waals surface area contributed by atoms with Gasteiger partial charge in [0.1, 0.15) is 0 Å². The molecule has 1 saturated heterocycles. The lowest BCUT2D eigenvalue weighted by Gasteiger charge is -2.27. The van der Waals surface area contributed by atoms with Crippen LogP contribution in [0.5, 0.6) is 0 Å². The molecular formula is C13H26N2O. The Kier molecular flexibility index (Phi) is 3.88. The molecule has 2 fully saturated rings. The van der Waals surface area contributed by atoms with E-state index in [4.69, 9.17) is 10.5 Å². The fourth-order valence-electron chi connectivity index (χ4n) is 3.15. The van der Waals surface area contributed by atoms with E-state index in [0.717, 1.165) is 19.8 Å². The van der Waals surface area contributed by atoms with Gasteiger partial charge in [-0.25, -0.2) is 0 Å². The van der Waals surface area contributed by atoms with Crippen LogP contribution >= 0.6 is 0 Å². The highest BCUT2D eigenvalue weighted by molar-refractivity contribution is 4.90. The van der Waals surface area contributed by atoms with Gasteiger partial charge < -0.3 is 15.8 Å². The largest absolute Gasteiger partial charge is 0.381 e. The highest BCUT2D eigenvalue weighted by Gasteiger charge is 2.33. The third-order valence-electron chi connectivity index (χ3n) is 4.21. The van der Waals surface area contributed by atoms with Crippen LogP contribution in [0.4, 0.5) is 0 Å². The molecule has 3 N–H and O–H groups in total. The average molecular weight is 226 g/mol. The monoisotopic (exact) mass is 226 g/mol. The zero-order valence-electron chi connectivity index (χ0n) is 10.7. The summed E-state index contributed by atoms with van der Waals surface area (Å²) in [5, 5.41) is 3.76. The molecular weight excluding hydrogens is 200 g/mol. The molecule has 0 spiro atoms. The zero-order chi connectivity index (χ0) is 11.6. The maximum absolute atomic E-state index is 5.88. The fourth-order valence-corrected chi connectivity index (χ4v) is 3.15. The Labute approximate surface area is 99.1 Å². The van der Waals surface area contributed by atoms with Crippen LogP contribution in [-0.4, -0.2) is 31.8 Å². The van der Waals surface area contributed by atoms with Gasteiger partial charge in [0, 0.05) is 31.2 Å². The van der Waals surface area contributed by atoms with Gasteiger partial charge in [-0.2, -0.15) is 0 Å². The van der Waals surface area contributed by atoms with Gasteiger partial charge in [-0.05, 0) is 31.1 Å². The first-order chi connectivity index (χ1) is 7.61. The van der Waals surface area contributed by atoms with E-state index in [1.165, 1.54) is 25.7 Å². The normalized spacial score (nSPS) is 35.4. The lowest BCUT2D eigenvalue weighted by Crippen LogP contribution is -2.47. The van der Waals surface area contributed by atoms with E-state index >= 15 is 0 Å². The molecule has 2 rings (SSSR count). The van der Waals surface area contributed by atoms with E-state index < -0.39 is 0 Å². The standard InChI is InChI=1S/C13H26N2O/c1-13(2)5-3-11(7-13)15-12(8-14)10-4-6-16-9-10/h10-12,15H,3-9,14H2,1-2H3. The summed E-state index contributed by atoms with van der Waals surface area (Å²) in [5.41, 5.74) is 6.40. The third kappa shape index (κ3) is 2.96. The second kappa shape index (κ2) is 5.03. The minimum absolute atomic E-state index is 0.460. The first-order valence-electron chi connectivity index (χ1n) is 6.64. The van der Waals surface area contributed by atoms with Crippen molar-refractivity contribution in [2.24, 2.45) is 17.1 Å². The van der Waals surface area contributed by atoms with Crippen molar-refractivity contribution >= 4 is 0 Å². The Morgan fingerprint density at radius 2 is 2.25 bits per heavy atom. The van der Waals surface area contributed by atoms with Crippen molar-refractivity contribution in [1.29, 1.82) is 0 Å². The molecule has 1 saturated carbocycles. The second-order valence-corrected chi connectivity index (χ2v) is 6.24. The highest BCUT2D eigenvalue weighted by atomic mass is 16.5. The molecule has 3 nitrogen and oxygen atoms in total. The maximum Gasteiger partial charge on any atom is 0.0510 e. The SMILES string of the molecule is CC1(C)CCC(NC(CN)C2CCOC2)C1. The zero-order valence-corrected chi connectivity index (χ0v) is 10.7. The van der Waals surface area contributed by atoms with E-state index in [0.29, 0.717) is 23.4 Å². The number of ether oxygens (including phenoxy) is 1. The Morgan fingerprint density at radius 1 is 1.44 bits per heavy atom. The maximum atomic E-state index is 5.88. The predicted molar refractivity (Wildman–Crippen MR) is 66.3 cm³/mol. The van der Waals surface area contributed by atoms with Crippen molar-refractivity contribution in [2.75, 3.05) is 19.8 Å². The molecule has 0 aromatic carbocycles. The van der Waals surface area contributed by atoms with Crippen molar-refractivity contribution in [1.82, 2.24) is 5.32 Å². The van der Waals surface area contributed by atoms with E-state index in [1.807, 2.05) is 0 Å². The molecule has 0 bridgehead atoms. The Bertz CT molecular complexity index is 224. The van der Waals surface area contributed by atoms with Gasteiger partial charge in [-0.1, -0.05) is 13.8 Å². The highest BCUT2D eigenvalue weighted by Crippen LogP contribution is 2.37. The summed E-state index contributed by atoms with van der Waals surface area (Å²) in [6.45, 7) is 7.28. The second-order valence-electron chi connectivity index (χ2n) is 6.24. The molecule has 3 heteroatoms. The van der Waals surface area contributed by atoms with Gasteiger partial charge in [0.2, 0.25) is 0 Å². The molecule has 16 heavy (non-hydrogen) atoms. The summed E-state index contributed by atoms with van der Waals surface area (Å²) in [6.07, 6.45) is 5.10. The molecule has 1 heterocycles.